The van der Waals surface area contributed by atoms with Gasteiger partial charge in [-0.1, -0.05) is 36.4 Å². The second-order valence-corrected chi connectivity index (χ2v) is 5.32. The summed E-state index contributed by atoms with van der Waals surface area (Å²) in [5.41, 5.74) is 3.54. The highest BCUT2D eigenvalue weighted by atomic mass is 16.6. The predicted molar refractivity (Wildman–Crippen MR) is 84.2 cm³/mol. The number of nitro benzene ring substituents is 1. The molecule has 1 N–H and O–H groups in total. The summed E-state index contributed by atoms with van der Waals surface area (Å²) in [5.74, 6) is 0. The molecule has 0 aliphatic carbocycles. The minimum Gasteiger partial charge on any atom is -0.304 e. The Morgan fingerprint density at radius 1 is 1.05 bits per heavy atom. The largest absolute Gasteiger partial charge is 0.304 e. The fourth-order valence-corrected chi connectivity index (χ4v) is 2.54. The molecule has 0 heterocycles. The summed E-state index contributed by atoms with van der Waals surface area (Å²) in [6, 6.07) is 15.2. The molecule has 0 radical (unpaired) electrons. The maximum absolute atomic E-state index is 10.8. The van der Waals surface area contributed by atoms with Gasteiger partial charge in [0.25, 0.3) is 5.69 Å². The first-order valence-electron chi connectivity index (χ1n) is 7.05. The summed E-state index contributed by atoms with van der Waals surface area (Å²) in [6.45, 7) is 6.22. The normalized spacial score (nSPS) is 13.7. The number of nitro groups is 1. The number of aryl methyl sites for hydroxylation is 1. The van der Waals surface area contributed by atoms with Crippen LogP contribution in [0.15, 0.2) is 48.5 Å². The predicted octanol–water partition coefficient (Wildman–Crippen LogP) is 4.32. The lowest BCUT2D eigenvalue weighted by Crippen LogP contribution is -2.23. The Morgan fingerprint density at radius 2 is 1.76 bits per heavy atom. The smallest absolute Gasteiger partial charge is 0.269 e. The van der Waals surface area contributed by atoms with Crippen LogP contribution in [0.2, 0.25) is 0 Å². The van der Waals surface area contributed by atoms with Crippen molar-refractivity contribution in [2.75, 3.05) is 0 Å². The van der Waals surface area contributed by atoms with Crippen molar-refractivity contribution in [2.24, 2.45) is 0 Å². The second kappa shape index (κ2) is 6.50. The number of benzene rings is 2. The molecule has 0 saturated heterocycles. The van der Waals surface area contributed by atoms with Gasteiger partial charge in [0.05, 0.1) is 4.92 Å². The zero-order valence-corrected chi connectivity index (χ0v) is 12.5. The van der Waals surface area contributed by atoms with Crippen molar-refractivity contribution < 1.29 is 4.92 Å². The minimum atomic E-state index is -0.360. The number of nitrogens with one attached hydrogen (secondary N) is 1. The van der Waals surface area contributed by atoms with Crippen LogP contribution in [0.5, 0.6) is 0 Å². The molecule has 2 aromatic rings. The van der Waals surface area contributed by atoms with Crippen LogP contribution in [0, 0.1) is 17.0 Å². The Balaban J connectivity index is 2.14. The standard InChI is InChI=1S/C17H20N2O2/c1-12-7-4-5-10-17(12)14(3)18-13(2)15-8-6-9-16(11-15)19(20)21/h4-11,13-14,18H,1-3H3/t13?,14-/m1/s1. The van der Waals surface area contributed by atoms with E-state index >= 15 is 0 Å². The van der Waals surface area contributed by atoms with E-state index in [0.29, 0.717) is 0 Å². The van der Waals surface area contributed by atoms with Crippen LogP contribution in [0.3, 0.4) is 0 Å². The zero-order valence-electron chi connectivity index (χ0n) is 12.5. The van der Waals surface area contributed by atoms with Gasteiger partial charge in [0.15, 0.2) is 0 Å². The van der Waals surface area contributed by atoms with Crippen molar-refractivity contribution in [3.05, 3.63) is 75.3 Å². The lowest BCUT2D eigenvalue weighted by Gasteiger charge is -2.22. The molecule has 0 saturated carbocycles. The summed E-state index contributed by atoms with van der Waals surface area (Å²) in [6.07, 6.45) is 0. The maximum Gasteiger partial charge on any atom is 0.269 e. The molecule has 2 rings (SSSR count). The molecule has 0 aliphatic rings. The van der Waals surface area contributed by atoms with Gasteiger partial charge >= 0.3 is 0 Å². The molecule has 0 aliphatic heterocycles. The molecule has 0 fully saturated rings. The quantitative estimate of drug-likeness (QED) is 0.657. The molecule has 2 atom stereocenters. The number of rotatable bonds is 5. The van der Waals surface area contributed by atoms with Crippen molar-refractivity contribution in [1.29, 1.82) is 0 Å². The van der Waals surface area contributed by atoms with Gasteiger partial charge in [-0.25, -0.2) is 0 Å². The fourth-order valence-electron chi connectivity index (χ4n) is 2.54. The van der Waals surface area contributed by atoms with Crippen LogP contribution >= 0.6 is 0 Å². The Hall–Kier alpha value is -2.20. The molecule has 2 aromatic carbocycles. The number of non-ortho nitro benzene ring substituents is 1. The zero-order chi connectivity index (χ0) is 15.4. The van der Waals surface area contributed by atoms with Gasteiger partial charge in [0.1, 0.15) is 0 Å². The molecule has 0 bridgehead atoms. The van der Waals surface area contributed by atoms with Crippen LogP contribution in [0.25, 0.3) is 0 Å². The first kappa shape index (κ1) is 15.2. The third-order valence-electron chi connectivity index (χ3n) is 3.74. The summed E-state index contributed by atoms with van der Waals surface area (Å²) in [5, 5.41) is 14.3. The third kappa shape index (κ3) is 3.67. The third-order valence-corrected chi connectivity index (χ3v) is 3.74. The topological polar surface area (TPSA) is 55.2 Å². The molecule has 0 spiro atoms. The lowest BCUT2D eigenvalue weighted by molar-refractivity contribution is -0.384. The minimum absolute atomic E-state index is 0.0412. The SMILES string of the molecule is Cc1ccccc1[C@@H](C)NC(C)c1cccc([N+](=O)[O-])c1. The van der Waals surface area contributed by atoms with Gasteiger partial charge in [-0.05, 0) is 37.5 Å². The summed E-state index contributed by atoms with van der Waals surface area (Å²) < 4.78 is 0. The van der Waals surface area contributed by atoms with Crippen LogP contribution in [0.1, 0.15) is 42.6 Å². The summed E-state index contributed by atoms with van der Waals surface area (Å²) in [4.78, 5) is 10.5. The molecule has 4 heteroatoms. The number of hydrogen-bond acceptors (Lipinski definition) is 3. The van der Waals surface area contributed by atoms with Crippen molar-refractivity contribution in [1.82, 2.24) is 5.32 Å². The lowest BCUT2D eigenvalue weighted by atomic mass is 10.0. The van der Waals surface area contributed by atoms with Gasteiger partial charge in [-0.15, -0.1) is 0 Å². The van der Waals surface area contributed by atoms with Gasteiger partial charge < -0.3 is 5.32 Å². The molecular formula is C17H20N2O2. The molecule has 0 amide bonds. The Bertz CT molecular complexity index is 640. The van der Waals surface area contributed by atoms with E-state index in [0.717, 1.165) is 5.56 Å². The first-order valence-corrected chi connectivity index (χ1v) is 7.05. The van der Waals surface area contributed by atoms with Crippen molar-refractivity contribution in [3.8, 4) is 0 Å². The van der Waals surface area contributed by atoms with Crippen LogP contribution in [-0.2, 0) is 0 Å². The highest BCUT2D eigenvalue weighted by molar-refractivity contribution is 5.36. The average molecular weight is 284 g/mol. The molecule has 110 valence electrons. The monoisotopic (exact) mass is 284 g/mol. The van der Waals surface area contributed by atoms with E-state index in [1.54, 1.807) is 12.1 Å². The highest BCUT2D eigenvalue weighted by Gasteiger charge is 2.14. The van der Waals surface area contributed by atoms with Gasteiger partial charge in [-0.3, -0.25) is 10.1 Å². The molecular weight excluding hydrogens is 264 g/mol. The van der Waals surface area contributed by atoms with E-state index in [1.807, 2.05) is 25.1 Å². The van der Waals surface area contributed by atoms with E-state index in [9.17, 15) is 10.1 Å². The highest BCUT2D eigenvalue weighted by Crippen LogP contribution is 2.23. The molecule has 21 heavy (non-hydrogen) atoms. The number of hydrogen-bond donors (Lipinski definition) is 1. The molecule has 4 nitrogen and oxygen atoms in total. The Morgan fingerprint density at radius 3 is 2.43 bits per heavy atom. The van der Waals surface area contributed by atoms with E-state index in [1.165, 1.54) is 17.2 Å². The Labute approximate surface area is 125 Å². The van der Waals surface area contributed by atoms with Gasteiger partial charge in [0, 0.05) is 24.2 Å². The van der Waals surface area contributed by atoms with E-state index in [2.05, 4.69) is 31.3 Å². The van der Waals surface area contributed by atoms with Crippen LogP contribution < -0.4 is 5.32 Å². The first-order chi connectivity index (χ1) is 9.99. The second-order valence-electron chi connectivity index (χ2n) is 5.32. The van der Waals surface area contributed by atoms with E-state index < -0.39 is 0 Å². The maximum atomic E-state index is 10.8. The number of nitrogens with zero attached hydrogens (tertiary/aromatic N) is 1. The van der Waals surface area contributed by atoms with Gasteiger partial charge in [0.2, 0.25) is 0 Å². The van der Waals surface area contributed by atoms with E-state index in [4.69, 9.17) is 0 Å². The van der Waals surface area contributed by atoms with Crippen LogP contribution in [-0.4, -0.2) is 4.92 Å². The van der Waals surface area contributed by atoms with Gasteiger partial charge in [-0.2, -0.15) is 0 Å². The average Bonchev–Trinajstić information content (AvgIpc) is 2.47. The van der Waals surface area contributed by atoms with E-state index in [-0.39, 0.29) is 22.7 Å². The van der Waals surface area contributed by atoms with Crippen LogP contribution in [0.4, 0.5) is 5.69 Å². The summed E-state index contributed by atoms with van der Waals surface area (Å²) in [7, 11) is 0. The molecule has 0 aromatic heterocycles. The van der Waals surface area contributed by atoms with Crippen molar-refractivity contribution in [3.63, 3.8) is 0 Å². The molecule has 1 unspecified atom stereocenters. The van der Waals surface area contributed by atoms with Crippen molar-refractivity contribution >= 4 is 5.69 Å². The Kier molecular flexibility index (Phi) is 4.70. The fraction of sp³-hybridized carbons (Fsp3) is 0.294. The summed E-state index contributed by atoms with van der Waals surface area (Å²) >= 11 is 0. The van der Waals surface area contributed by atoms with Crippen molar-refractivity contribution in [2.45, 2.75) is 32.9 Å².